The Morgan fingerprint density at radius 1 is 1.30 bits per heavy atom. The normalized spacial score (nSPS) is 17.2. The van der Waals surface area contributed by atoms with Gasteiger partial charge in [0.05, 0.1) is 6.20 Å². The molecule has 3 heterocycles. The summed E-state index contributed by atoms with van der Waals surface area (Å²) in [7, 11) is 0. The van der Waals surface area contributed by atoms with Gasteiger partial charge in [0, 0.05) is 23.0 Å². The van der Waals surface area contributed by atoms with Crippen LogP contribution in [0.2, 0.25) is 0 Å². The molecule has 2 aromatic heterocycles. The number of fused-ring (bicyclic) bond motifs is 1. The van der Waals surface area contributed by atoms with Gasteiger partial charge in [0.2, 0.25) is 0 Å². The van der Waals surface area contributed by atoms with E-state index in [-0.39, 0.29) is 0 Å². The van der Waals surface area contributed by atoms with E-state index in [2.05, 4.69) is 39.8 Å². The lowest BCUT2D eigenvalue weighted by molar-refractivity contribution is 0.508. The Kier molecular flexibility index (Phi) is 3.97. The lowest BCUT2D eigenvalue weighted by Crippen LogP contribution is -2.24. The summed E-state index contributed by atoms with van der Waals surface area (Å²) < 4.78 is 5.71. The highest BCUT2D eigenvalue weighted by Crippen LogP contribution is 2.36. The van der Waals surface area contributed by atoms with E-state index in [1.807, 2.05) is 37.0 Å². The van der Waals surface area contributed by atoms with Gasteiger partial charge in [-0.05, 0) is 42.9 Å². The fourth-order valence-electron chi connectivity index (χ4n) is 3.01. The molecule has 0 aliphatic carbocycles. The number of nitrogens with one attached hydrogen (secondary N) is 2. The summed E-state index contributed by atoms with van der Waals surface area (Å²) in [6.07, 6.45) is 3.03. The predicted octanol–water partition coefficient (Wildman–Crippen LogP) is 4.30. The molecule has 0 saturated heterocycles. The smallest absolute Gasteiger partial charge is 0.152 e. The molecule has 0 bridgehead atoms. The maximum Gasteiger partial charge on any atom is 0.152 e. The number of furan rings is 1. The highest BCUT2D eigenvalue weighted by Gasteiger charge is 2.20. The Bertz CT molecular complexity index is 808. The van der Waals surface area contributed by atoms with Gasteiger partial charge in [-0.1, -0.05) is 18.2 Å². The van der Waals surface area contributed by atoms with E-state index >= 15 is 0 Å². The topological polar surface area (TPSA) is 53.9 Å². The molecule has 5 heteroatoms. The average Bonchev–Trinajstić information content (AvgIpc) is 3.21. The van der Waals surface area contributed by atoms with E-state index < -0.39 is 0 Å². The molecule has 0 spiro atoms. The van der Waals surface area contributed by atoms with E-state index in [4.69, 9.17) is 4.42 Å². The molecule has 0 unspecified atom stereocenters. The van der Waals surface area contributed by atoms with Crippen LogP contribution in [0.25, 0.3) is 11.5 Å². The summed E-state index contributed by atoms with van der Waals surface area (Å²) >= 11 is 1.95. The summed E-state index contributed by atoms with van der Waals surface area (Å²) in [5.74, 6) is 2.91. The fourth-order valence-corrected chi connectivity index (χ4v) is 4.14. The van der Waals surface area contributed by atoms with Gasteiger partial charge in [-0.2, -0.15) is 5.10 Å². The number of H-pyrrole nitrogens is 1. The van der Waals surface area contributed by atoms with Gasteiger partial charge in [0.1, 0.15) is 11.5 Å². The Morgan fingerprint density at radius 3 is 3.09 bits per heavy atom. The van der Waals surface area contributed by atoms with E-state index in [0.717, 1.165) is 41.5 Å². The first-order chi connectivity index (χ1) is 11.3. The van der Waals surface area contributed by atoms with E-state index in [0.29, 0.717) is 6.04 Å². The Balaban J connectivity index is 1.52. The average molecular weight is 325 g/mol. The van der Waals surface area contributed by atoms with Crippen molar-refractivity contribution < 1.29 is 4.42 Å². The van der Waals surface area contributed by atoms with Crippen LogP contribution in [-0.2, 0) is 6.54 Å². The summed E-state index contributed by atoms with van der Waals surface area (Å²) in [6.45, 7) is 2.73. The first kappa shape index (κ1) is 14.6. The fraction of sp³-hybridized carbons (Fsp3) is 0.278. The van der Waals surface area contributed by atoms with Crippen molar-refractivity contribution >= 4 is 11.8 Å². The summed E-state index contributed by atoms with van der Waals surface area (Å²) in [6, 6.07) is 13.0. The number of thioether (sulfide) groups is 1. The lowest BCUT2D eigenvalue weighted by atomic mass is 10.0. The van der Waals surface area contributed by atoms with Crippen LogP contribution >= 0.6 is 11.8 Å². The third-order valence-electron chi connectivity index (χ3n) is 4.20. The van der Waals surface area contributed by atoms with Crippen molar-refractivity contribution in [3.05, 3.63) is 59.5 Å². The van der Waals surface area contributed by atoms with Gasteiger partial charge in [-0.15, -0.1) is 11.8 Å². The van der Waals surface area contributed by atoms with Crippen molar-refractivity contribution in [2.24, 2.45) is 0 Å². The highest BCUT2D eigenvalue weighted by molar-refractivity contribution is 7.99. The van der Waals surface area contributed by atoms with Crippen LogP contribution < -0.4 is 5.32 Å². The molecule has 0 saturated carbocycles. The van der Waals surface area contributed by atoms with Crippen LogP contribution in [0.5, 0.6) is 0 Å². The number of hydrogen-bond acceptors (Lipinski definition) is 4. The maximum absolute atomic E-state index is 5.71. The number of hydrogen-bond donors (Lipinski definition) is 2. The number of aryl methyl sites for hydroxylation is 1. The Labute approximate surface area is 139 Å². The molecule has 1 atom stereocenters. The Hall–Kier alpha value is -1.98. The predicted molar refractivity (Wildman–Crippen MR) is 92.4 cm³/mol. The second-order valence-corrected chi connectivity index (χ2v) is 6.93. The van der Waals surface area contributed by atoms with Crippen LogP contribution in [-0.4, -0.2) is 16.0 Å². The van der Waals surface area contributed by atoms with E-state index in [1.54, 1.807) is 0 Å². The van der Waals surface area contributed by atoms with Crippen LogP contribution in [0.15, 0.2) is 51.9 Å². The first-order valence-corrected chi connectivity index (χ1v) is 8.84. The standard InChI is InChI=1S/C18H19N3OS/c1-12-6-7-16(22-12)18-13(11-20-21-18)10-19-15-8-9-23-17-5-3-2-4-14(15)17/h2-7,11,15,19H,8-10H2,1H3,(H,20,21)/t15-/m0/s1. The largest absolute Gasteiger partial charge is 0.460 e. The minimum Gasteiger partial charge on any atom is -0.460 e. The molecule has 23 heavy (non-hydrogen) atoms. The molecule has 1 aliphatic heterocycles. The number of aromatic amines is 1. The van der Waals surface area contributed by atoms with Crippen molar-refractivity contribution in [3.63, 3.8) is 0 Å². The van der Waals surface area contributed by atoms with Gasteiger partial charge in [-0.3, -0.25) is 5.10 Å². The molecule has 3 aromatic rings. The van der Waals surface area contributed by atoms with Gasteiger partial charge in [0.15, 0.2) is 5.76 Å². The van der Waals surface area contributed by atoms with Crippen molar-refractivity contribution in [1.29, 1.82) is 0 Å². The minimum atomic E-state index is 0.397. The quantitative estimate of drug-likeness (QED) is 0.751. The second kappa shape index (κ2) is 6.26. The van der Waals surface area contributed by atoms with Gasteiger partial charge < -0.3 is 9.73 Å². The minimum absolute atomic E-state index is 0.397. The van der Waals surface area contributed by atoms with Crippen molar-refractivity contribution in [2.75, 3.05) is 5.75 Å². The number of aromatic nitrogens is 2. The molecule has 118 valence electrons. The highest BCUT2D eigenvalue weighted by atomic mass is 32.2. The third-order valence-corrected chi connectivity index (χ3v) is 5.32. The second-order valence-electron chi connectivity index (χ2n) is 5.79. The van der Waals surface area contributed by atoms with Gasteiger partial charge in [-0.25, -0.2) is 0 Å². The zero-order chi connectivity index (χ0) is 15.6. The summed E-state index contributed by atoms with van der Waals surface area (Å²) in [4.78, 5) is 1.39. The zero-order valence-electron chi connectivity index (χ0n) is 13.0. The molecular weight excluding hydrogens is 306 g/mol. The number of benzene rings is 1. The van der Waals surface area contributed by atoms with Crippen molar-refractivity contribution in [1.82, 2.24) is 15.5 Å². The van der Waals surface area contributed by atoms with Crippen LogP contribution in [0, 0.1) is 6.92 Å². The zero-order valence-corrected chi connectivity index (χ0v) is 13.8. The van der Waals surface area contributed by atoms with E-state index in [9.17, 15) is 0 Å². The molecule has 0 fully saturated rings. The Morgan fingerprint density at radius 2 is 2.22 bits per heavy atom. The van der Waals surface area contributed by atoms with E-state index in [1.165, 1.54) is 10.5 Å². The van der Waals surface area contributed by atoms with Crippen LogP contribution in [0.3, 0.4) is 0 Å². The molecule has 4 nitrogen and oxygen atoms in total. The van der Waals surface area contributed by atoms with Gasteiger partial charge >= 0.3 is 0 Å². The molecule has 4 rings (SSSR count). The number of nitrogens with zero attached hydrogens (tertiary/aromatic N) is 1. The molecule has 1 aliphatic rings. The first-order valence-electron chi connectivity index (χ1n) is 7.85. The molecule has 1 aromatic carbocycles. The number of rotatable bonds is 4. The van der Waals surface area contributed by atoms with Crippen LogP contribution in [0.1, 0.15) is 29.3 Å². The van der Waals surface area contributed by atoms with Gasteiger partial charge in [0.25, 0.3) is 0 Å². The maximum atomic E-state index is 5.71. The van der Waals surface area contributed by atoms with Crippen molar-refractivity contribution in [3.8, 4) is 11.5 Å². The molecule has 0 radical (unpaired) electrons. The van der Waals surface area contributed by atoms with Crippen molar-refractivity contribution in [2.45, 2.75) is 30.8 Å². The SMILES string of the molecule is Cc1ccc(-c2[nH]ncc2CN[C@H]2CCSc3ccccc32)o1. The monoisotopic (exact) mass is 325 g/mol. The summed E-state index contributed by atoms with van der Waals surface area (Å²) in [5.41, 5.74) is 3.50. The molecule has 2 N–H and O–H groups in total. The molecule has 0 amide bonds. The third kappa shape index (κ3) is 2.94. The lowest BCUT2D eigenvalue weighted by Gasteiger charge is -2.26. The molecular formula is C18H19N3OS. The summed E-state index contributed by atoms with van der Waals surface area (Å²) in [5, 5.41) is 10.9. The van der Waals surface area contributed by atoms with Crippen LogP contribution in [0.4, 0.5) is 0 Å².